The molecule has 2 rings (SSSR count). The van der Waals surface area contributed by atoms with Crippen LogP contribution in [-0.4, -0.2) is 40.1 Å². The van der Waals surface area contributed by atoms with E-state index in [-0.39, 0.29) is 23.3 Å². The molecule has 0 radical (unpaired) electrons. The molecule has 5 nitrogen and oxygen atoms in total. The number of benzene rings is 1. The average Bonchev–Trinajstić information content (AvgIpc) is 2.69. The lowest BCUT2D eigenvalue weighted by atomic mass is 10.2. The number of rotatable bonds is 5. The zero-order valence-electron chi connectivity index (χ0n) is 11.4. The van der Waals surface area contributed by atoms with Crippen LogP contribution in [0, 0.1) is 0 Å². The Balaban J connectivity index is 2.06. The fourth-order valence-corrected chi connectivity index (χ4v) is 5.29. The van der Waals surface area contributed by atoms with Crippen LogP contribution in [0.4, 0.5) is 5.69 Å². The fourth-order valence-electron chi connectivity index (χ4n) is 2.29. The largest absolute Gasteiger partial charge is 0.381 e. The predicted molar refractivity (Wildman–Crippen MR) is 79.5 cm³/mol. The minimum Gasteiger partial charge on any atom is -0.381 e. The van der Waals surface area contributed by atoms with Gasteiger partial charge in [0.05, 0.1) is 22.2 Å². The van der Waals surface area contributed by atoms with Gasteiger partial charge in [-0.15, -0.1) is 0 Å². The van der Waals surface area contributed by atoms with Crippen molar-refractivity contribution in [3.05, 3.63) is 24.3 Å². The zero-order valence-corrected chi connectivity index (χ0v) is 13.0. The van der Waals surface area contributed by atoms with Crippen LogP contribution in [0.5, 0.6) is 0 Å². The van der Waals surface area contributed by atoms with Gasteiger partial charge in [0.15, 0.2) is 19.7 Å². The molecule has 0 bridgehead atoms. The van der Waals surface area contributed by atoms with E-state index in [0.29, 0.717) is 17.7 Å². The van der Waals surface area contributed by atoms with Gasteiger partial charge in [-0.1, -0.05) is 6.92 Å². The van der Waals surface area contributed by atoms with E-state index in [1.54, 1.807) is 24.3 Å². The van der Waals surface area contributed by atoms with Crippen LogP contribution in [-0.2, 0) is 19.7 Å². The van der Waals surface area contributed by atoms with Gasteiger partial charge in [0.25, 0.3) is 0 Å². The summed E-state index contributed by atoms with van der Waals surface area (Å²) in [5, 5.41) is 3.13. The molecule has 0 aromatic heterocycles. The predicted octanol–water partition coefficient (Wildman–Crippen LogP) is 1.47. The van der Waals surface area contributed by atoms with Crippen LogP contribution < -0.4 is 5.32 Å². The maximum absolute atomic E-state index is 11.9. The Bertz CT molecular complexity index is 663. The molecule has 1 aromatic carbocycles. The lowest BCUT2D eigenvalue weighted by Crippen LogP contribution is -2.20. The van der Waals surface area contributed by atoms with Gasteiger partial charge < -0.3 is 5.32 Å². The van der Waals surface area contributed by atoms with Crippen LogP contribution >= 0.6 is 0 Å². The molecule has 1 atom stereocenters. The van der Waals surface area contributed by atoms with Gasteiger partial charge in [-0.3, -0.25) is 0 Å². The molecular weight excluding hydrogens is 298 g/mol. The highest BCUT2D eigenvalue weighted by atomic mass is 32.2. The first-order valence-corrected chi connectivity index (χ1v) is 10.1. The monoisotopic (exact) mass is 317 g/mol. The SMILES string of the molecule is CCCS(=O)(=O)c1ccc(NC2CCS(=O)(=O)C2)cc1. The molecule has 1 saturated heterocycles. The second-order valence-corrected chi connectivity index (χ2v) is 9.43. The summed E-state index contributed by atoms with van der Waals surface area (Å²) in [4.78, 5) is 0.309. The van der Waals surface area contributed by atoms with Crippen molar-refractivity contribution in [2.45, 2.75) is 30.7 Å². The lowest BCUT2D eigenvalue weighted by Gasteiger charge is -2.12. The van der Waals surface area contributed by atoms with Crippen LogP contribution in [0.2, 0.25) is 0 Å². The van der Waals surface area contributed by atoms with Gasteiger partial charge >= 0.3 is 0 Å². The number of hydrogen-bond acceptors (Lipinski definition) is 5. The van der Waals surface area contributed by atoms with Gasteiger partial charge in [-0.2, -0.15) is 0 Å². The van der Waals surface area contributed by atoms with E-state index in [0.717, 1.165) is 5.69 Å². The highest BCUT2D eigenvalue weighted by molar-refractivity contribution is 7.91. The number of hydrogen-bond donors (Lipinski definition) is 1. The molecule has 1 N–H and O–H groups in total. The number of sulfone groups is 2. The molecule has 0 amide bonds. The fraction of sp³-hybridized carbons (Fsp3) is 0.538. The molecule has 1 aliphatic heterocycles. The molecule has 1 fully saturated rings. The Labute approximate surface area is 120 Å². The quantitative estimate of drug-likeness (QED) is 0.889. The summed E-state index contributed by atoms with van der Waals surface area (Å²) in [7, 11) is -6.11. The summed E-state index contributed by atoms with van der Waals surface area (Å²) in [6.45, 7) is 1.83. The summed E-state index contributed by atoms with van der Waals surface area (Å²) in [5.74, 6) is 0.497. The minimum absolute atomic E-state index is 0.0851. The highest BCUT2D eigenvalue weighted by Crippen LogP contribution is 2.20. The highest BCUT2D eigenvalue weighted by Gasteiger charge is 2.27. The third-order valence-corrected chi connectivity index (χ3v) is 6.99. The van der Waals surface area contributed by atoms with Gasteiger partial charge in [0.1, 0.15) is 0 Å². The maximum Gasteiger partial charge on any atom is 0.178 e. The number of anilines is 1. The second-order valence-electron chi connectivity index (χ2n) is 5.09. The Kier molecular flexibility index (Phi) is 4.39. The van der Waals surface area contributed by atoms with E-state index in [9.17, 15) is 16.8 Å². The van der Waals surface area contributed by atoms with E-state index in [2.05, 4.69) is 5.32 Å². The molecular formula is C13H19NO4S2. The summed E-state index contributed by atoms with van der Waals surface area (Å²) < 4.78 is 46.5. The smallest absolute Gasteiger partial charge is 0.178 e. The molecule has 0 aliphatic carbocycles. The van der Waals surface area contributed by atoms with Gasteiger partial charge in [-0.05, 0) is 37.1 Å². The molecule has 1 heterocycles. The molecule has 1 aromatic rings. The van der Waals surface area contributed by atoms with Gasteiger partial charge in [0, 0.05) is 11.7 Å². The van der Waals surface area contributed by atoms with E-state index < -0.39 is 19.7 Å². The van der Waals surface area contributed by atoms with Crippen molar-refractivity contribution < 1.29 is 16.8 Å². The first-order chi connectivity index (χ1) is 9.32. The van der Waals surface area contributed by atoms with E-state index in [1.165, 1.54) is 0 Å². The lowest BCUT2D eigenvalue weighted by molar-refractivity contribution is 0.594. The Morgan fingerprint density at radius 3 is 2.40 bits per heavy atom. The third kappa shape index (κ3) is 3.73. The summed E-state index contributed by atoms with van der Waals surface area (Å²) in [6.07, 6.45) is 1.18. The standard InChI is InChI=1S/C13H19NO4S2/c1-2-8-20(17,18)13-5-3-11(4-6-13)14-12-7-9-19(15,16)10-12/h3-6,12,14H,2,7-10H2,1H3. The van der Waals surface area contributed by atoms with Crippen LogP contribution in [0.25, 0.3) is 0 Å². The average molecular weight is 317 g/mol. The summed E-state index contributed by atoms with van der Waals surface area (Å²) in [6, 6.07) is 6.42. The van der Waals surface area contributed by atoms with E-state index >= 15 is 0 Å². The molecule has 1 unspecified atom stereocenters. The van der Waals surface area contributed by atoms with Crippen LogP contribution in [0.1, 0.15) is 19.8 Å². The Morgan fingerprint density at radius 2 is 1.90 bits per heavy atom. The van der Waals surface area contributed by atoms with Crippen molar-refractivity contribution in [1.82, 2.24) is 0 Å². The molecule has 7 heteroatoms. The molecule has 112 valence electrons. The van der Waals surface area contributed by atoms with Crippen molar-refractivity contribution in [2.75, 3.05) is 22.6 Å². The topological polar surface area (TPSA) is 80.3 Å². The normalized spacial score (nSPS) is 21.8. The van der Waals surface area contributed by atoms with Crippen molar-refractivity contribution in [3.63, 3.8) is 0 Å². The first-order valence-electron chi connectivity index (χ1n) is 6.62. The van der Waals surface area contributed by atoms with Crippen molar-refractivity contribution in [1.29, 1.82) is 0 Å². The molecule has 1 aliphatic rings. The maximum atomic E-state index is 11.9. The van der Waals surface area contributed by atoms with Crippen LogP contribution in [0.15, 0.2) is 29.2 Å². The summed E-state index contributed by atoms with van der Waals surface area (Å²) in [5.41, 5.74) is 0.752. The van der Waals surface area contributed by atoms with Crippen LogP contribution in [0.3, 0.4) is 0 Å². The second kappa shape index (κ2) is 5.73. The van der Waals surface area contributed by atoms with E-state index in [1.807, 2.05) is 6.92 Å². The Hall–Kier alpha value is -1.08. The molecule has 0 saturated carbocycles. The van der Waals surface area contributed by atoms with E-state index in [4.69, 9.17) is 0 Å². The molecule has 20 heavy (non-hydrogen) atoms. The van der Waals surface area contributed by atoms with Crippen molar-refractivity contribution >= 4 is 25.4 Å². The van der Waals surface area contributed by atoms with Gasteiger partial charge in [0.2, 0.25) is 0 Å². The summed E-state index contributed by atoms with van der Waals surface area (Å²) >= 11 is 0. The van der Waals surface area contributed by atoms with Crippen molar-refractivity contribution in [2.24, 2.45) is 0 Å². The van der Waals surface area contributed by atoms with Crippen molar-refractivity contribution in [3.8, 4) is 0 Å². The molecule has 0 spiro atoms. The first kappa shape index (κ1) is 15.3. The zero-order chi connectivity index (χ0) is 14.8. The number of nitrogens with one attached hydrogen (secondary N) is 1. The third-order valence-electron chi connectivity index (χ3n) is 3.29. The minimum atomic E-state index is -3.20. The van der Waals surface area contributed by atoms with Gasteiger partial charge in [-0.25, -0.2) is 16.8 Å². The Morgan fingerprint density at radius 1 is 1.25 bits per heavy atom.